The average molecular weight is 475 g/mol. The number of phenolic OH excluding ortho intramolecular Hbond substituents is 1. The van der Waals surface area contributed by atoms with Crippen LogP contribution < -0.4 is 10.6 Å². The SMILES string of the molecule is CCCCCCCCCCCCCCCCCCCCCC(=O)NCCNc1ccc(O)cc1. The molecule has 0 unspecified atom stereocenters. The number of amides is 1. The third-order valence-corrected chi connectivity index (χ3v) is 6.65. The summed E-state index contributed by atoms with van der Waals surface area (Å²) < 4.78 is 0. The van der Waals surface area contributed by atoms with Gasteiger partial charge in [-0.15, -0.1) is 0 Å². The van der Waals surface area contributed by atoms with E-state index in [2.05, 4.69) is 17.6 Å². The first-order chi connectivity index (χ1) is 16.7. The number of carbonyl (C=O) groups excluding carboxylic acids is 1. The van der Waals surface area contributed by atoms with E-state index in [0.717, 1.165) is 18.5 Å². The first kappa shape index (κ1) is 30.3. The molecule has 4 nitrogen and oxygen atoms in total. The number of carbonyl (C=O) groups is 1. The van der Waals surface area contributed by atoms with E-state index in [-0.39, 0.29) is 11.7 Å². The Bertz CT molecular complexity index is 574. The molecule has 0 heterocycles. The molecule has 0 aromatic heterocycles. The van der Waals surface area contributed by atoms with Crippen LogP contribution in [0.2, 0.25) is 0 Å². The predicted octanol–water partition coefficient (Wildman–Crippen LogP) is 8.74. The van der Waals surface area contributed by atoms with Crippen LogP contribution >= 0.6 is 0 Å². The van der Waals surface area contributed by atoms with Gasteiger partial charge in [0.1, 0.15) is 5.75 Å². The van der Waals surface area contributed by atoms with Crippen molar-refractivity contribution in [3.05, 3.63) is 24.3 Å². The second-order valence-electron chi connectivity index (χ2n) is 9.94. The van der Waals surface area contributed by atoms with Crippen LogP contribution in [0.1, 0.15) is 135 Å². The summed E-state index contributed by atoms with van der Waals surface area (Å²) in [6.07, 6.45) is 26.7. The lowest BCUT2D eigenvalue weighted by Crippen LogP contribution is -2.28. The van der Waals surface area contributed by atoms with Gasteiger partial charge >= 0.3 is 0 Å². The lowest BCUT2D eigenvalue weighted by Gasteiger charge is -2.08. The van der Waals surface area contributed by atoms with Gasteiger partial charge in [0.25, 0.3) is 0 Å². The van der Waals surface area contributed by atoms with E-state index in [0.29, 0.717) is 19.5 Å². The lowest BCUT2D eigenvalue weighted by atomic mass is 10.0. The lowest BCUT2D eigenvalue weighted by molar-refractivity contribution is -0.121. The average Bonchev–Trinajstić information content (AvgIpc) is 2.84. The minimum absolute atomic E-state index is 0.152. The predicted molar refractivity (Wildman–Crippen MR) is 148 cm³/mol. The molecule has 0 saturated heterocycles. The van der Waals surface area contributed by atoms with Crippen molar-refractivity contribution in [1.29, 1.82) is 0 Å². The Kier molecular flexibility index (Phi) is 20.6. The molecule has 0 saturated carbocycles. The number of unbranched alkanes of at least 4 members (excludes halogenated alkanes) is 18. The summed E-state index contributed by atoms with van der Waals surface area (Å²) in [4.78, 5) is 11.9. The normalized spacial score (nSPS) is 11.0. The quantitative estimate of drug-likeness (QED) is 0.104. The molecule has 0 bridgehead atoms. The van der Waals surface area contributed by atoms with E-state index >= 15 is 0 Å². The molecule has 0 fully saturated rings. The molecular weight excluding hydrogens is 420 g/mol. The number of benzene rings is 1. The summed E-state index contributed by atoms with van der Waals surface area (Å²) in [5.41, 5.74) is 0.950. The molecule has 0 aliphatic heterocycles. The largest absolute Gasteiger partial charge is 0.508 e. The highest BCUT2D eigenvalue weighted by Gasteiger charge is 2.01. The molecule has 1 rings (SSSR count). The molecule has 1 aromatic rings. The first-order valence-corrected chi connectivity index (χ1v) is 14.5. The zero-order valence-corrected chi connectivity index (χ0v) is 22.2. The van der Waals surface area contributed by atoms with Crippen LogP contribution in [0.25, 0.3) is 0 Å². The van der Waals surface area contributed by atoms with Gasteiger partial charge in [-0.25, -0.2) is 0 Å². The Morgan fingerprint density at radius 2 is 1.03 bits per heavy atom. The van der Waals surface area contributed by atoms with E-state index in [9.17, 15) is 9.90 Å². The Labute approximate surface area is 210 Å². The molecule has 0 aliphatic rings. The molecule has 34 heavy (non-hydrogen) atoms. The van der Waals surface area contributed by atoms with Crippen molar-refractivity contribution in [3.8, 4) is 5.75 Å². The first-order valence-electron chi connectivity index (χ1n) is 14.5. The molecular formula is C30H54N2O2. The minimum Gasteiger partial charge on any atom is -0.508 e. The van der Waals surface area contributed by atoms with Gasteiger partial charge in [0, 0.05) is 25.2 Å². The molecule has 0 aliphatic carbocycles. The van der Waals surface area contributed by atoms with E-state index in [1.807, 2.05) is 12.1 Å². The fourth-order valence-corrected chi connectivity index (χ4v) is 4.44. The van der Waals surface area contributed by atoms with Crippen molar-refractivity contribution < 1.29 is 9.90 Å². The zero-order chi connectivity index (χ0) is 24.5. The Balaban J connectivity index is 1.73. The molecule has 1 aromatic carbocycles. The van der Waals surface area contributed by atoms with Crippen LogP contribution in [0.15, 0.2) is 24.3 Å². The van der Waals surface area contributed by atoms with Gasteiger partial charge in [-0.3, -0.25) is 4.79 Å². The summed E-state index contributed by atoms with van der Waals surface area (Å²) in [5.74, 6) is 0.415. The number of phenols is 1. The summed E-state index contributed by atoms with van der Waals surface area (Å²) >= 11 is 0. The van der Waals surface area contributed by atoms with Crippen LogP contribution in [0, 0.1) is 0 Å². The highest BCUT2D eigenvalue weighted by atomic mass is 16.3. The van der Waals surface area contributed by atoms with Crippen molar-refractivity contribution in [1.82, 2.24) is 5.32 Å². The van der Waals surface area contributed by atoms with Crippen molar-refractivity contribution in [2.24, 2.45) is 0 Å². The van der Waals surface area contributed by atoms with E-state index in [1.165, 1.54) is 109 Å². The number of nitrogens with one attached hydrogen (secondary N) is 2. The summed E-state index contributed by atoms with van der Waals surface area (Å²) in [6.45, 7) is 3.60. The molecule has 0 radical (unpaired) electrons. The van der Waals surface area contributed by atoms with Gasteiger partial charge in [-0.05, 0) is 30.7 Å². The number of rotatable bonds is 24. The van der Waals surface area contributed by atoms with Gasteiger partial charge in [0.2, 0.25) is 5.91 Å². The highest BCUT2D eigenvalue weighted by Crippen LogP contribution is 2.15. The highest BCUT2D eigenvalue weighted by molar-refractivity contribution is 5.75. The second kappa shape index (κ2) is 23.1. The van der Waals surface area contributed by atoms with Gasteiger partial charge in [0.15, 0.2) is 0 Å². The summed E-state index contributed by atoms with van der Waals surface area (Å²) in [7, 11) is 0. The standard InChI is InChI=1S/C30H54N2O2/c1-2-3-4-5-6-7-8-9-10-11-12-13-14-15-16-17-18-19-20-21-30(34)32-27-26-31-28-22-24-29(33)25-23-28/h22-25,31,33H,2-21,26-27H2,1H3,(H,32,34). The van der Waals surface area contributed by atoms with Crippen molar-refractivity contribution >= 4 is 11.6 Å². The van der Waals surface area contributed by atoms with Crippen LogP contribution in [0.4, 0.5) is 5.69 Å². The maximum Gasteiger partial charge on any atom is 0.220 e. The number of hydrogen-bond donors (Lipinski definition) is 3. The molecule has 4 heteroatoms. The van der Waals surface area contributed by atoms with Gasteiger partial charge in [-0.1, -0.05) is 122 Å². The van der Waals surface area contributed by atoms with E-state index in [1.54, 1.807) is 12.1 Å². The van der Waals surface area contributed by atoms with Crippen LogP contribution in [-0.4, -0.2) is 24.1 Å². The van der Waals surface area contributed by atoms with Crippen molar-refractivity contribution in [3.63, 3.8) is 0 Å². The van der Waals surface area contributed by atoms with Gasteiger partial charge in [0.05, 0.1) is 0 Å². The van der Waals surface area contributed by atoms with Crippen molar-refractivity contribution in [2.45, 2.75) is 135 Å². The molecule has 196 valence electrons. The van der Waals surface area contributed by atoms with Crippen molar-refractivity contribution in [2.75, 3.05) is 18.4 Å². The maximum absolute atomic E-state index is 11.9. The number of anilines is 1. The van der Waals surface area contributed by atoms with Gasteiger partial charge < -0.3 is 15.7 Å². The topological polar surface area (TPSA) is 61.4 Å². The Hall–Kier alpha value is -1.71. The van der Waals surface area contributed by atoms with Gasteiger partial charge in [-0.2, -0.15) is 0 Å². The third-order valence-electron chi connectivity index (χ3n) is 6.65. The van der Waals surface area contributed by atoms with Crippen LogP contribution in [0.5, 0.6) is 5.75 Å². The number of hydrogen-bond acceptors (Lipinski definition) is 3. The minimum atomic E-state index is 0.152. The second-order valence-corrected chi connectivity index (χ2v) is 9.94. The zero-order valence-electron chi connectivity index (χ0n) is 22.2. The number of aromatic hydroxyl groups is 1. The fraction of sp³-hybridized carbons (Fsp3) is 0.767. The smallest absolute Gasteiger partial charge is 0.220 e. The molecule has 0 spiro atoms. The molecule has 0 atom stereocenters. The molecule has 1 amide bonds. The maximum atomic E-state index is 11.9. The molecule has 3 N–H and O–H groups in total. The third kappa shape index (κ3) is 19.7. The van der Waals surface area contributed by atoms with E-state index < -0.39 is 0 Å². The Morgan fingerprint density at radius 3 is 1.47 bits per heavy atom. The Morgan fingerprint density at radius 1 is 0.618 bits per heavy atom. The summed E-state index contributed by atoms with van der Waals surface area (Å²) in [6, 6.07) is 6.96. The van der Waals surface area contributed by atoms with E-state index in [4.69, 9.17) is 0 Å². The van der Waals surface area contributed by atoms with Crippen LogP contribution in [-0.2, 0) is 4.79 Å². The fourth-order valence-electron chi connectivity index (χ4n) is 4.44. The summed E-state index contributed by atoms with van der Waals surface area (Å²) in [5, 5.41) is 15.5. The van der Waals surface area contributed by atoms with Crippen LogP contribution in [0.3, 0.4) is 0 Å². The monoisotopic (exact) mass is 474 g/mol.